The predicted molar refractivity (Wildman–Crippen MR) is 129 cm³/mol. The smallest absolute Gasteiger partial charge is 0.308 e. The predicted octanol–water partition coefficient (Wildman–Crippen LogP) is 6.30. The van der Waals surface area contributed by atoms with Gasteiger partial charge in [0.1, 0.15) is 11.3 Å². The summed E-state index contributed by atoms with van der Waals surface area (Å²) in [6.07, 6.45) is 10.6. The lowest BCUT2D eigenvalue weighted by Gasteiger charge is -2.24. The van der Waals surface area contributed by atoms with Crippen molar-refractivity contribution < 1.29 is 19.1 Å². The van der Waals surface area contributed by atoms with Crippen LogP contribution in [0.4, 0.5) is 0 Å². The summed E-state index contributed by atoms with van der Waals surface area (Å²) in [7, 11) is 1.44. The molecule has 0 bridgehead atoms. The van der Waals surface area contributed by atoms with Crippen LogP contribution in [0, 0.1) is 5.92 Å². The van der Waals surface area contributed by atoms with Crippen molar-refractivity contribution >= 4 is 29.3 Å². The Balaban J connectivity index is 1.62. The molecule has 1 fully saturated rings. The molecule has 2 aromatic heterocycles. The van der Waals surface area contributed by atoms with Gasteiger partial charge in [-0.25, -0.2) is 4.98 Å². The Morgan fingerprint density at radius 1 is 1.21 bits per heavy atom. The number of esters is 1. The SMILES string of the molecule is COC(=O)C1CCC(c2nc(-c3ccc(C(C)(C)O)nc3)c(SC3=CC=C(Cl)CC3)o2)CC1. The summed E-state index contributed by atoms with van der Waals surface area (Å²) in [5, 5.41) is 11.8. The van der Waals surface area contributed by atoms with E-state index in [0.29, 0.717) is 11.6 Å². The van der Waals surface area contributed by atoms with E-state index in [2.05, 4.69) is 4.98 Å². The topological polar surface area (TPSA) is 85.5 Å². The Hall–Kier alpha value is -2.09. The summed E-state index contributed by atoms with van der Waals surface area (Å²) in [4.78, 5) is 22.4. The summed E-state index contributed by atoms with van der Waals surface area (Å²) >= 11 is 7.69. The van der Waals surface area contributed by atoms with Crippen molar-refractivity contribution in [2.24, 2.45) is 5.92 Å². The number of ether oxygens (including phenoxy) is 1. The summed E-state index contributed by atoms with van der Waals surface area (Å²) in [5.41, 5.74) is 1.18. The molecular formula is C25H29ClN2O4S. The second-order valence-corrected chi connectivity index (χ2v) is 10.7. The molecule has 0 aliphatic heterocycles. The molecule has 1 N–H and O–H groups in total. The van der Waals surface area contributed by atoms with Gasteiger partial charge in [-0.15, -0.1) is 0 Å². The van der Waals surface area contributed by atoms with Crippen LogP contribution >= 0.6 is 23.4 Å². The largest absolute Gasteiger partial charge is 0.469 e. The lowest BCUT2D eigenvalue weighted by molar-refractivity contribution is -0.146. The normalized spacial score (nSPS) is 21.4. The van der Waals surface area contributed by atoms with Gasteiger partial charge >= 0.3 is 5.97 Å². The first-order chi connectivity index (χ1) is 15.7. The van der Waals surface area contributed by atoms with Crippen LogP contribution in [0.3, 0.4) is 0 Å². The monoisotopic (exact) mass is 488 g/mol. The minimum atomic E-state index is -1.01. The van der Waals surface area contributed by atoms with Crippen molar-refractivity contribution in [2.45, 2.75) is 69.0 Å². The van der Waals surface area contributed by atoms with E-state index >= 15 is 0 Å². The zero-order valence-electron chi connectivity index (χ0n) is 19.1. The summed E-state index contributed by atoms with van der Waals surface area (Å²) in [5.74, 6) is 0.688. The van der Waals surface area contributed by atoms with Crippen molar-refractivity contribution in [3.05, 3.63) is 52.0 Å². The standard InChI is InChI=1S/C25H29ClN2O4S/c1-25(2,30)20-13-8-17(14-27-20)21-24(33-19-11-9-18(26)10-12-19)32-22(28-21)15-4-6-16(7-5-15)23(29)31-3/h8-9,11,13-16,30H,4-7,10,12H2,1-3H3. The van der Waals surface area contributed by atoms with E-state index in [9.17, 15) is 9.90 Å². The van der Waals surface area contributed by atoms with E-state index in [1.807, 2.05) is 24.3 Å². The number of carbonyl (C=O) groups excluding carboxylic acids is 1. The van der Waals surface area contributed by atoms with Gasteiger partial charge in [-0.3, -0.25) is 9.78 Å². The first kappa shape index (κ1) is 24.0. The molecule has 1 saturated carbocycles. The zero-order valence-corrected chi connectivity index (χ0v) is 20.7. The number of nitrogens with zero attached hydrogens (tertiary/aromatic N) is 2. The van der Waals surface area contributed by atoms with Gasteiger partial charge in [-0.1, -0.05) is 29.4 Å². The second-order valence-electron chi connectivity index (χ2n) is 9.10. The average Bonchev–Trinajstić information content (AvgIpc) is 3.23. The number of oxazole rings is 1. The number of hydrogen-bond acceptors (Lipinski definition) is 7. The number of methoxy groups -OCH3 is 1. The number of halogens is 1. The molecular weight excluding hydrogens is 460 g/mol. The Labute approximate surface area is 203 Å². The van der Waals surface area contributed by atoms with Crippen molar-refractivity contribution in [3.63, 3.8) is 0 Å². The highest BCUT2D eigenvalue weighted by molar-refractivity contribution is 8.03. The molecule has 2 aliphatic rings. The van der Waals surface area contributed by atoms with Crippen LogP contribution in [0.25, 0.3) is 11.3 Å². The first-order valence-corrected chi connectivity index (χ1v) is 12.4. The molecule has 0 saturated heterocycles. The number of hydrogen-bond donors (Lipinski definition) is 1. The van der Waals surface area contributed by atoms with Crippen LogP contribution in [0.15, 0.2) is 49.9 Å². The molecule has 8 heteroatoms. The van der Waals surface area contributed by atoms with Gasteiger partial charge in [-0.2, -0.15) is 0 Å². The first-order valence-electron chi connectivity index (χ1n) is 11.3. The van der Waals surface area contributed by atoms with Gasteiger partial charge in [0.25, 0.3) is 0 Å². The van der Waals surface area contributed by atoms with Crippen LogP contribution in [0.2, 0.25) is 0 Å². The van der Waals surface area contributed by atoms with Crippen LogP contribution in [0.1, 0.15) is 69.9 Å². The van der Waals surface area contributed by atoms with Gasteiger partial charge in [0, 0.05) is 22.7 Å². The van der Waals surface area contributed by atoms with Crippen molar-refractivity contribution in [2.75, 3.05) is 7.11 Å². The molecule has 33 heavy (non-hydrogen) atoms. The number of aliphatic hydroxyl groups is 1. The maximum atomic E-state index is 11.9. The van der Waals surface area contributed by atoms with Crippen LogP contribution in [-0.2, 0) is 15.1 Å². The fourth-order valence-electron chi connectivity index (χ4n) is 4.18. The van der Waals surface area contributed by atoms with Gasteiger partial charge < -0.3 is 14.3 Å². The van der Waals surface area contributed by atoms with Crippen molar-refractivity contribution in [1.29, 1.82) is 0 Å². The van der Waals surface area contributed by atoms with Crippen LogP contribution < -0.4 is 0 Å². The van der Waals surface area contributed by atoms with Gasteiger partial charge in [0.05, 0.1) is 18.7 Å². The molecule has 0 amide bonds. The number of thioether (sulfide) groups is 1. The second kappa shape index (κ2) is 10.0. The fraction of sp³-hybridized carbons (Fsp3) is 0.480. The Morgan fingerprint density at radius 3 is 2.55 bits per heavy atom. The third kappa shape index (κ3) is 5.70. The molecule has 0 atom stereocenters. The van der Waals surface area contributed by atoms with Crippen molar-refractivity contribution in [3.8, 4) is 11.3 Å². The van der Waals surface area contributed by atoms with Gasteiger partial charge in [0.2, 0.25) is 0 Å². The lowest BCUT2D eigenvalue weighted by atomic mass is 9.82. The highest BCUT2D eigenvalue weighted by Gasteiger charge is 2.31. The molecule has 2 aromatic rings. The van der Waals surface area contributed by atoms with E-state index in [0.717, 1.165) is 59.9 Å². The molecule has 0 aromatic carbocycles. The maximum absolute atomic E-state index is 11.9. The highest BCUT2D eigenvalue weighted by atomic mass is 35.5. The number of allylic oxidation sites excluding steroid dienone is 4. The molecule has 0 unspecified atom stereocenters. The fourth-order valence-corrected chi connectivity index (χ4v) is 5.31. The van der Waals surface area contributed by atoms with Crippen LogP contribution in [-0.4, -0.2) is 28.2 Å². The maximum Gasteiger partial charge on any atom is 0.308 e. The van der Waals surface area contributed by atoms with E-state index in [4.69, 9.17) is 25.7 Å². The minimum absolute atomic E-state index is 0.0444. The van der Waals surface area contributed by atoms with E-state index in [1.165, 1.54) is 12.0 Å². The summed E-state index contributed by atoms with van der Waals surface area (Å²) in [6.45, 7) is 3.42. The quantitative estimate of drug-likeness (QED) is 0.477. The molecule has 6 nitrogen and oxygen atoms in total. The van der Waals surface area contributed by atoms with E-state index < -0.39 is 5.60 Å². The Morgan fingerprint density at radius 2 is 1.97 bits per heavy atom. The molecule has 2 heterocycles. The number of pyridine rings is 1. The third-order valence-electron chi connectivity index (χ3n) is 6.17. The van der Waals surface area contributed by atoms with E-state index in [-0.39, 0.29) is 17.8 Å². The van der Waals surface area contributed by atoms with Gasteiger partial charge in [-0.05, 0) is 75.5 Å². The van der Waals surface area contributed by atoms with Crippen LogP contribution in [0.5, 0.6) is 0 Å². The zero-order chi connectivity index (χ0) is 23.6. The lowest BCUT2D eigenvalue weighted by Crippen LogP contribution is -2.22. The average molecular weight is 489 g/mol. The molecule has 4 rings (SSSR count). The number of aromatic nitrogens is 2. The number of carbonyl (C=O) groups is 1. The Kier molecular flexibility index (Phi) is 7.31. The summed E-state index contributed by atoms with van der Waals surface area (Å²) in [6, 6.07) is 3.74. The third-order valence-corrected chi connectivity index (χ3v) is 7.55. The number of rotatable bonds is 6. The van der Waals surface area contributed by atoms with Gasteiger partial charge in [0.15, 0.2) is 11.0 Å². The Bertz CT molecular complexity index is 1060. The van der Waals surface area contributed by atoms with E-state index in [1.54, 1.807) is 31.8 Å². The molecule has 0 spiro atoms. The molecule has 176 valence electrons. The minimum Gasteiger partial charge on any atom is -0.469 e. The molecule has 2 aliphatic carbocycles. The molecule has 0 radical (unpaired) electrons. The highest BCUT2D eigenvalue weighted by Crippen LogP contribution is 2.43. The van der Waals surface area contributed by atoms with Crippen molar-refractivity contribution in [1.82, 2.24) is 9.97 Å². The summed E-state index contributed by atoms with van der Waals surface area (Å²) < 4.78 is 11.2.